The second kappa shape index (κ2) is 10.3. The van der Waals surface area contributed by atoms with Gasteiger partial charge in [0.05, 0.1) is 0 Å². The van der Waals surface area contributed by atoms with Gasteiger partial charge in [0.25, 0.3) is 5.91 Å². The molecule has 6 nitrogen and oxygen atoms in total. The van der Waals surface area contributed by atoms with Gasteiger partial charge in [0, 0.05) is 36.5 Å². The van der Waals surface area contributed by atoms with E-state index >= 15 is 0 Å². The Balaban J connectivity index is 1.17. The maximum atomic E-state index is 13.4. The molecule has 5 rings (SSSR count). The number of amides is 1. The maximum absolute atomic E-state index is 13.4. The number of likely N-dealkylation sites (tertiary alicyclic amines) is 2. The zero-order valence-corrected chi connectivity index (χ0v) is 22.2. The summed E-state index contributed by atoms with van der Waals surface area (Å²) in [5.41, 5.74) is 9.01. The standard InChI is InChI=1S/C31H39N3O3/c1-23(32)11-12-24-7-4-5-9-26(24)29(35)34-19-15-31(16-20-34)13-17-33(18-14-31)21-25-8-6-10-27-28(25)37-30(2,3)22-36-27/h4-12H,1,13-22,32H2,2-3H3/b12-11+. The van der Waals surface area contributed by atoms with Gasteiger partial charge >= 0.3 is 0 Å². The Morgan fingerprint density at radius 1 is 1.03 bits per heavy atom. The molecule has 0 aliphatic carbocycles. The van der Waals surface area contributed by atoms with Crippen LogP contribution in [0.15, 0.2) is 60.8 Å². The third kappa shape index (κ3) is 5.69. The monoisotopic (exact) mass is 501 g/mol. The molecule has 0 radical (unpaired) electrons. The fourth-order valence-corrected chi connectivity index (χ4v) is 5.79. The highest BCUT2D eigenvalue weighted by Crippen LogP contribution is 2.43. The van der Waals surface area contributed by atoms with Gasteiger partial charge in [-0.05, 0) is 81.8 Å². The van der Waals surface area contributed by atoms with Gasteiger partial charge in [-0.1, -0.05) is 43.0 Å². The van der Waals surface area contributed by atoms with Crippen LogP contribution in [-0.4, -0.2) is 54.1 Å². The lowest BCUT2D eigenvalue weighted by Crippen LogP contribution is -2.48. The number of carbonyl (C=O) groups is 1. The van der Waals surface area contributed by atoms with Gasteiger partial charge in [-0.3, -0.25) is 9.69 Å². The molecule has 37 heavy (non-hydrogen) atoms. The number of fused-ring (bicyclic) bond motifs is 1. The Labute approximate surface area is 220 Å². The van der Waals surface area contributed by atoms with Gasteiger partial charge in [-0.15, -0.1) is 0 Å². The second-order valence-electron chi connectivity index (χ2n) is 11.5. The molecule has 2 aromatic carbocycles. The topological polar surface area (TPSA) is 68.0 Å². The normalized spacial score (nSPS) is 20.8. The number of para-hydroxylation sites is 1. The molecule has 3 aliphatic heterocycles. The highest BCUT2D eigenvalue weighted by atomic mass is 16.6. The van der Waals surface area contributed by atoms with Crippen LogP contribution in [0.4, 0.5) is 0 Å². The van der Waals surface area contributed by atoms with Crippen molar-refractivity contribution in [3.8, 4) is 11.5 Å². The number of hydrogen-bond donors (Lipinski definition) is 1. The van der Waals surface area contributed by atoms with Gasteiger partial charge in [0.1, 0.15) is 12.2 Å². The van der Waals surface area contributed by atoms with Crippen molar-refractivity contribution >= 4 is 12.0 Å². The van der Waals surface area contributed by atoms with E-state index in [-0.39, 0.29) is 11.5 Å². The maximum Gasteiger partial charge on any atom is 0.254 e. The summed E-state index contributed by atoms with van der Waals surface area (Å²) in [6, 6.07) is 13.9. The molecule has 1 spiro atoms. The highest BCUT2D eigenvalue weighted by molar-refractivity contribution is 5.98. The second-order valence-corrected chi connectivity index (χ2v) is 11.5. The van der Waals surface area contributed by atoms with Crippen molar-refractivity contribution in [3.63, 3.8) is 0 Å². The molecule has 2 N–H and O–H groups in total. The van der Waals surface area contributed by atoms with Crippen LogP contribution < -0.4 is 15.2 Å². The minimum atomic E-state index is -0.309. The molecule has 0 atom stereocenters. The largest absolute Gasteiger partial charge is 0.486 e. The smallest absolute Gasteiger partial charge is 0.254 e. The number of hydrogen-bond acceptors (Lipinski definition) is 5. The molecule has 3 heterocycles. The number of piperidine rings is 2. The van der Waals surface area contributed by atoms with E-state index in [2.05, 4.69) is 37.5 Å². The van der Waals surface area contributed by atoms with Crippen LogP contribution in [0.2, 0.25) is 0 Å². The van der Waals surface area contributed by atoms with Gasteiger partial charge < -0.3 is 20.1 Å². The van der Waals surface area contributed by atoms with Crippen molar-refractivity contribution in [1.29, 1.82) is 0 Å². The zero-order valence-electron chi connectivity index (χ0n) is 22.2. The molecular formula is C31H39N3O3. The summed E-state index contributed by atoms with van der Waals surface area (Å²) in [5, 5.41) is 0. The summed E-state index contributed by atoms with van der Waals surface area (Å²) in [6.45, 7) is 13.1. The van der Waals surface area contributed by atoms with E-state index in [1.54, 1.807) is 6.08 Å². The van der Waals surface area contributed by atoms with Crippen molar-refractivity contribution in [2.75, 3.05) is 32.8 Å². The first-order valence-electron chi connectivity index (χ1n) is 13.4. The van der Waals surface area contributed by atoms with Crippen LogP contribution in [0.25, 0.3) is 6.08 Å². The first-order valence-corrected chi connectivity index (χ1v) is 13.4. The number of benzene rings is 2. The number of ether oxygens (including phenoxy) is 2. The van der Waals surface area contributed by atoms with Crippen molar-refractivity contribution in [2.45, 2.75) is 51.7 Å². The van der Waals surface area contributed by atoms with E-state index in [0.717, 1.165) is 68.2 Å². The molecule has 0 bridgehead atoms. The van der Waals surface area contributed by atoms with E-state index in [4.69, 9.17) is 15.2 Å². The van der Waals surface area contributed by atoms with Crippen molar-refractivity contribution in [2.24, 2.45) is 11.1 Å². The van der Waals surface area contributed by atoms with Gasteiger partial charge in [-0.25, -0.2) is 0 Å². The van der Waals surface area contributed by atoms with Gasteiger partial charge in [0.2, 0.25) is 0 Å². The average Bonchev–Trinajstić information content (AvgIpc) is 2.89. The Morgan fingerprint density at radius 3 is 2.46 bits per heavy atom. The van der Waals surface area contributed by atoms with Crippen molar-refractivity contribution < 1.29 is 14.3 Å². The molecule has 196 valence electrons. The molecule has 3 aliphatic rings. The Kier molecular flexibility index (Phi) is 7.04. The molecule has 6 heteroatoms. The fraction of sp³-hybridized carbons (Fsp3) is 0.452. The molecule has 0 aromatic heterocycles. The summed E-state index contributed by atoms with van der Waals surface area (Å²) < 4.78 is 12.3. The molecule has 2 aromatic rings. The van der Waals surface area contributed by atoms with Crippen LogP contribution in [0.1, 0.15) is 61.0 Å². The SMILES string of the molecule is C=C(N)/C=C/c1ccccc1C(=O)N1CCC2(CCN(Cc3cccc4c3OC(C)(C)CO4)CC2)CC1. The van der Waals surface area contributed by atoms with E-state index in [9.17, 15) is 4.79 Å². The lowest BCUT2D eigenvalue weighted by atomic mass is 9.71. The average molecular weight is 502 g/mol. The predicted molar refractivity (Wildman–Crippen MR) is 148 cm³/mol. The van der Waals surface area contributed by atoms with Gasteiger partial charge in [0.15, 0.2) is 11.5 Å². The molecule has 2 saturated heterocycles. The summed E-state index contributed by atoms with van der Waals surface area (Å²) in [4.78, 5) is 17.9. The number of rotatable bonds is 5. The van der Waals surface area contributed by atoms with E-state index in [1.165, 1.54) is 18.4 Å². The highest BCUT2D eigenvalue weighted by Gasteiger charge is 2.39. The lowest BCUT2D eigenvalue weighted by Gasteiger charge is -2.47. The Morgan fingerprint density at radius 2 is 1.73 bits per heavy atom. The Bertz CT molecular complexity index is 1180. The fourth-order valence-electron chi connectivity index (χ4n) is 5.79. The molecule has 0 saturated carbocycles. The first-order chi connectivity index (χ1) is 17.7. The quantitative estimate of drug-likeness (QED) is 0.568. The van der Waals surface area contributed by atoms with E-state index in [0.29, 0.717) is 17.7 Å². The molecule has 2 fully saturated rings. The van der Waals surface area contributed by atoms with Crippen LogP contribution in [-0.2, 0) is 6.54 Å². The summed E-state index contributed by atoms with van der Waals surface area (Å²) in [7, 11) is 0. The minimum Gasteiger partial charge on any atom is -0.486 e. The van der Waals surface area contributed by atoms with E-state index in [1.807, 2.05) is 41.3 Å². The van der Waals surface area contributed by atoms with Gasteiger partial charge in [-0.2, -0.15) is 0 Å². The van der Waals surface area contributed by atoms with Crippen LogP contribution in [0.5, 0.6) is 11.5 Å². The van der Waals surface area contributed by atoms with Crippen LogP contribution in [0.3, 0.4) is 0 Å². The molecule has 1 amide bonds. The number of nitrogens with two attached hydrogens (primary N) is 1. The van der Waals surface area contributed by atoms with Crippen LogP contribution >= 0.6 is 0 Å². The number of carbonyl (C=O) groups excluding carboxylic acids is 1. The first kappa shape index (κ1) is 25.4. The third-order valence-electron chi connectivity index (χ3n) is 8.10. The predicted octanol–water partition coefficient (Wildman–Crippen LogP) is 5.24. The van der Waals surface area contributed by atoms with E-state index < -0.39 is 0 Å². The van der Waals surface area contributed by atoms with Crippen molar-refractivity contribution in [1.82, 2.24) is 9.80 Å². The molecule has 0 unspecified atom stereocenters. The zero-order chi connectivity index (χ0) is 26.0. The summed E-state index contributed by atoms with van der Waals surface area (Å²) in [6.07, 6.45) is 8.09. The Hall–Kier alpha value is -3.25. The number of allylic oxidation sites excluding steroid dienone is 1. The van der Waals surface area contributed by atoms with Crippen LogP contribution in [0, 0.1) is 5.41 Å². The third-order valence-corrected chi connectivity index (χ3v) is 8.10. The minimum absolute atomic E-state index is 0.106. The number of nitrogens with zero attached hydrogens (tertiary/aromatic N) is 2. The molecular weight excluding hydrogens is 462 g/mol. The van der Waals surface area contributed by atoms with Crippen molar-refractivity contribution in [3.05, 3.63) is 77.5 Å². The summed E-state index contributed by atoms with van der Waals surface area (Å²) >= 11 is 0. The lowest BCUT2D eigenvalue weighted by molar-refractivity contribution is 0.0163. The summed E-state index contributed by atoms with van der Waals surface area (Å²) in [5.74, 6) is 1.86.